The number of rotatable bonds is 10. The molecule has 3 aromatic rings. The second kappa shape index (κ2) is 11.6. The highest BCUT2D eigenvalue weighted by molar-refractivity contribution is 7.91. The molecule has 0 aliphatic carbocycles. The molecule has 0 amide bonds. The van der Waals surface area contributed by atoms with E-state index in [-0.39, 0.29) is 22.4 Å². The van der Waals surface area contributed by atoms with Crippen molar-refractivity contribution in [3.8, 4) is 0 Å². The van der Waals surface area contributed by atoms with Crippen molar-refractivity contribution < 1.29 is 23.1 Å². The van der Waals surface area contributed by atoms with Crippen LogP contribution in [-0.4, -0.2) is 38.7 Å². The third-order valence-corrected chi connectivity index (χ3v) is 7.37. The molecule has 0 aromatic heterocycles. The van der Waals surface area contributed by atoms with Gasteiger partial charge in [-0.3, -0.25) is 0 Å². The second-order valence-electron chi connectivity index (χ2n) is 7.98. The minimum absolute atomic E-state index is 0.0618. The summed E-state index contributed by atoms with van der Waals surface area (Å²) >= 11 is 5.98. The van der Waals surface area contributed by atoms with Gasteiger partial charge in [0.15, 0.2) is 0 Å². The Labute approximate surface area is 205 Å². The minimum atomic E-state index is -3.71. The highest BCUT2D eigenvalue weighted by Crippen LogP contribution is 2.22. The van der Waals surface area contributed by atoms with Crippen molar-refractivity contribution in [2.75, 3.05) is 13.2 Å². The fraction of sp³-hybridized carbons (Fsp3) is 0.269. The van der Waals surface area contributed by atoms with E-state index < -0.39 is 21.9 Å². The molecule has 0 radical (unpaired) electrons. The van der Waals surface area contributed by atoms with Crippen LogP contribution in [0.4, 0.5) is 0 Å². The maximum absolute atomic E-state index is 12.9. The van der Waals surface area contributed by atoms with Gasteiger partial charge in [-0.25, -0.2) is 13.2 Å². The van der Waals surface area contributed by atoms with Gasteiger partial charge in [-0.1, -0.05) is 35.9 Å². The summed E-state index contributed by atoms with van der Waals surface area (Å²) in [7, 11) is -3.71. The topological polar surface area (TPSA) is 92.7 Å². The van der Waals surface area contributed by atoms with Gasteiger partial charge in [-0.05, 0) is 79.9 Å². The molecule has 0 bridgehead atoms. The van der Waals surface area contributed by atoms with Crippen LogP contribution in [0.5, 0.6) is 0 Å². The third kappa shape index (κ3) is 6.67. The zero-order valence-corrected chi connectivity index (χ0v) is 20.6. The van der Waals surface area contributed by atoms with Gasteiger partial charge in [0.1, 0.15) is 0 Å². The Balaban J connectivity index is 1.60. The van der Waals surface area contributed by atoms with Crippen molar-refractivity contribution in [3.63, 3.8) is 0 Å². The lowest BCUT2D eigenvalue weighted by Gasteiger charge is -2.18. The van der Waals surface area contributed by atoms with Crippen LogP contribution >= 0.6 is 11.6 Å². The summed E-state index contributed by atoms with van der Waals surface area (Å²) in [5.41, 5.74) is 2.02. The van der Waals surface area contributed by atoms with Crippen molar-refractivity contribution in [1.82, 2.24) is 5.32 Å². The molecular weight excluding hydrogens is 474 g/mol. The molecule has 3 aromatic carbocycles. The molecule has 180 valence electrons. The molecule has 8 heteroatoms. The normalized spacial score (nSPS) is 13.3. The lowest BCUT2D eigenvalue weighted by molar-refractivity contribution is 0.0526. The van der Waals surface area contributed by atoms with Crippen molar-refractivity contribution >= 4 is 27.4 Å². The number of esters is 1. The number of hydrogen-bond acceptors (Lipinski definition) is 6. The summed E-state index contributed by atoms with van der Waals surface area (Å²) in [6.45, 7) is 4.33. The average Bonchev–Trinajstić information content (AvgIpc) is 2.83. The van der Waals surface area contributed by atoms with Crippen LogP contribution in [0.2, 0.25) is 5.02 Å². The van der Waals surface area contributed by atoms with Gasteiger partial charge in [0.05, 0.1) is 28.1 Å². The van der Waals surface area contributed by atoms with Gasteiger partial charge < -0.3 is 15.2 Å². The molecule has 34 heavy (non-hydrogen) atoms. The summed E-state index contributed by atoms with van der Waals surface area (Å²) in [6, 6.07) is 19.6. The number of ether oxygens (including phenoxy) is 1. The van der Waals surface area contributed by atoms with E-state index in [1.165, 1.54) is 24.3 Å². The molecule has 0 aliphatic heterocycles. The summed E-state index contributed by atoms with van der Waals surface area (Å²) in [6.07, 6.45) is -0.0134. The Morgan fingerprint density at radius 2 is 1.65 bits per heavy atom. The standard InChI is InChI=1S/C26H28ClNO5S/c1-3-33-26(30)20-9-13-24(14-10-20)34(31,32)23-11-7-19(8-12-23)15-18(2)28-17-25(29)21-5-4-6-22(27)16-21/h4-14,16,18,25,28-29H,3,15,17H2,1-2H3/t18-,25+/m1/s1. The van der Waals surface area contributed by atoms with Crippen LogP contribution in [0.25, 0.3) is 0 Å². The molecule has 0 unspecified atom stereocenters. The monoisotopic (exact) mass is 501 g/mol. The molecule has 0 saturated heterocycles. The number of aliphatic hydroxyl groups is 1. The van der Waals surface area contributed by atoms with Gasteiger partial charge in [0, 0.05) is 17.6 Å². The van der Waals surface area contributed by atoms with E-state index in [0.29, 0.717) is 23.6 Å². The van der Waals surface area contributed by atoms with Crippen LogP contribution < -0.4 is 5.32 Å². The first-order valence-electron chi connectivity index (χ1n) is 11.0. The Bertz CT molecular complexity index is 1210. The predicted octanol–water partition coefficient (Wildman–Crippen LogP) is 4.60. The van der Waals surface area contributed by atoms with Gasteiger partial charge in [-0.2, -0.15) is 0 Å². The number of halogens is 1. The lowest BCUT2D eigenvalue weighted by atomic mass is 10.1. The smallest absolute Gasteiger partial charge is 0.338 e. The lowest BCUT2D eigenvalue weighted by Crippen LogP contribution is -2.32. The van der Waals surface area contributed by atoms with E-state index in [1.54, 1.807) is 49.4 Å². The number of hydrogen-bond donors (Lipinski definition) is 2. The molecule has 2 N–H and O–H groups in total. The maximum atomic E-state index is 12.9. The summed E-state index contributed by atoms with van der Waals surface area (Å²) in [5.74, 6) is -0.487. The molecule has 0 heterocycles. The molecule has 0 spiro atoms. The van der Waals surface area contributed by atoms with E-state index in [4.69, 9.17) is 16.3 Å². The molecule has 3 rings (SSSR count). The number of aliphatic hydroxyl groups excluding tert-OH is 1. The predicted molar refractivity (Wildman–Crippen MR) is 132 cm³/mol. The largest absolute Gasteiger partial charge is 0.462 e. The van der Waals surface area contributed by atoms with Crippen LogP contribution in [-0.2, 0) is 21.0 Å². The number of nitrogens with one attached hydrogen (secondary N) is 1. The summed E-state index contributed by atoms with van der Waals surface area (Å²) < 4.78 is 30.8. The van der Waals surface area contributed by atoms with E-state index >= 15 is 0 Å². The fourth-order valence-electron chi connectivity index (χ4n) is 3.50. The maximum Gasteiger partial charge on any atom is 0.338 e. The first-order valence-corrected chi connectivity index (χ1v) is 12.8. The van der Waals surface area contributed by atoms with Gasteiger partial charge in [0.2, 0.25) is 9.84 Å². The molecule has 0 saturated carbocycles. The summed E-state index contributed by atoms with van der Waals surface area (Å²) in [5, 5.41) is 14.2. The zero-order valence-electron chi connectivity index (χ0n) is 19.1. The zero-order chi connectivity index (χ0) is 24.7. The summed E-state index contributed by atoms with van der Waals surface area (Å²) in [4.78, 5) is 12.1. The van der Waals surface area contributed by atoms with E-state index in [2.05, 4.69) is 5.32 Å². The number of benzene rings is 3. The Kier molecular flexibility index (Phi) is 8.85. The fourth-order valence-corrected chi connectivity index (χ4v) is 4.96. The minimum Gasteiger partial charge on any atom is -0.462 e. The highest BCUT2D eigenvalue weighted by atomic mass is 35.5. The van der Waals surface area contributed by atoms with Crippen LogP contribution in [0.15, 0.2) is 82.6 Å². The van der Waals surface area contributed by atoms with Gasteiger partial charge in [0.25, 0.3) is 0 Å². The van der Waals surface area contributed by atoms with Crippen molar-refractivity contribution in [1.29, 1.82) is 0 Å². The Morgan fingerprint density at radius 1 is 1.03 bits per heavy atom. The van der Waals surface area contributed by atoms with Crippen molar-refractivity contribution in [3.05, 3.63) is 94.5 Å². The Morgan fingerprint density at radius 3 is 2.24 bits per heavy atom. The highest BCUT2D eigenvalue weighted by Gasteiger charge is 2.19. The number of sulfone groups is 1. The molecule has 6 nitrogen and oxygen atoms in total. The Hall–Kier alpha value is -2.71. The van der Waals surface area contributed by atoms with Gasteiger partial charge >= 0.3 is 5.97 Å². The molecule has 0 aliphatic rings. The quantitative estimate of drug-likeness (QED) is 0.394. The van der Waals surface area contributed by atoms with E-state index in [0.717, 1.165) is 11.1 Å². The van der Waals surface area contributed by atoms with E-state index in [1.807, 2.05) is 13.0 Å². The SMILES string of the molecule is CCOC(=O)c1ccc(S(=O)(=O)c2ccc(C[C@@H](C)NC[C@H](O)c3cccc(Cl)c3)cc2)cc1. The number of carbonyl (C=O) groups excluding carboxylic acids is 1. The van der Waals surface area contributed by atoms with Crippen LogP contribution in [0.3, 0.4) is 0 Å². The molecule has 2 atom stereocenters. The van der Waals surface area contributed by atoms with Gasteiger partial charge in [-0.15, -0.1) is 0 Å². The molecular formula is C26H28ClNO5S. The molecule has 0 fully saturated rings. The third-order valence-electron chi connectivity index (χ3n) is 5.34. The van der Waals surface area contributed by atoms with Crippen LogP contribution in [0.1, 0.15) is 41.4 Å². The van der Waals surface area contributed by atoms with Crippen LogP contribution in [0, 0.1) is 0 Å². The second-order valence-corrected chi connectivity index (χ2v) is 10.4. The van der Waals surface area contributed by atoms with E-state index in [9.17, 15) is 18.3 Å². The van der Waals surface area contributed by atoms with Crippen molar-refractivity contribution in [2.45, 2.75) is 42.2 Å². The number of carbonyl (C=O) groups is 1. The first kappa shape index (κ1) is 25.9. The first-order chi connectivity index (χ1) is 16.2. The van der Waals surface area contributed by atoms with Crippen molar-refractivity contribution in [2.24, 2.45) is 0 Å². The average molecular weight is 502 g/mol.